The third-order valence-corrected chi connectivity index (χ3v) is 7.46. The molecule has 0 aromatic heterocycles. The molecule has 3 rings (SSSR count). The van der Waals surface area contributed by atoms with E-state index in [0.717, 1.165) is 16.9 Å². The van der Waals surface area contributed by atoms with E-state index in [1.165, 1.54) is 0 Å². The molecule has 8 heteroatoms. The molecule has 1 saturated heterocycles. The molecule has 0 radical (unpaired) electrons. The van der Waals surface area contributed by atoms with E-state index in [1.807, 2.05) is 42.2 Å². The van der Waals surface area contributed by atoms with E-state index in [2.05, 4.69) is 0 Å². The normalized spacial score (nSPS) is 19.0. The lowest BCUT2D eigenvalue weighted by atomic mass is 10.1. The summed E-state index contributed by atoms with van der Waals surface area (Å²) >= 11 is 6.04. The second-order valence-corrected chi connectivity index (χ2v) is 10.3. The number of methoxy groups -OCH3 is 1. The van der Waals surface area contributed by atoms with Gasteiger partial charge in [0.25, 0.3) is 0 Å². The number of hydrogen-bond donors (Lipinski definition) is 1. The zero-order valence-electron chi connectivity index (χ0n) is 17.3. The first kappa shape index (κ1) is 22.9. The largest absolute Gasteiger partial charge is 0.497 e. The Morgan fingerprint density at radius 1 is 1.20 bits per heavy atom. The number of hydrogen-bond acceptors (Lipinski definition) is 6. The van der Waals surface area contributed by atoms with E-state index < -0.39 is 15.9 Å². The molecule has 30 heavy (non-hydrogen) atoms. The van der Waals surface area contributed by atoms with Gasteiger partial charge in [-0.25, -0.2) is 8.42 Å². The summed E-state index contributed by atoms with van der Waals surface area (Å²) in [6.45, 7) is 2.86. The van der Waals surface area contributed by atoms with Gasteiger partial charge in [-0.05, 0) is 54.8 Å². The Morgan fingerprint density at radius 3 is 2.50 bits per heavy atom. The van der Waals surface area contributed by atoms with Crippen LogP contribution in [0, 0.1) is 6.92 Å². The van der Waals surface area contributed by atoms with Crippen LogP contribution in [0.25, 0.3) is 0 Å². The first-order valence-electron chi connectivity index (χ1n) is 9.90. The Hall–Kier alpha value is -1.80. The molecule has 2 aromatic rings. The summed E-state index contributed by atoms with van der Waals surface area (Å²) in [4.78, 5) is 2.04. The standard InChI is InChI=1S/C22H28ClNO5S/c1-16-11-21(7-8-22(16)23)29-14-19(25)13-24(18-9-10-30(26,27)15-18)12-17-3-5-20(28-2)6-4-17/h3-8,11,18-19,25H,9-10,12-15H2,1-2H3. The summed E-state index contributed by atoms with van der Waals surface area (Å²) in [6, 6.07) is 12.9. The molecule has 0 bridgehead atoms. The van der Waals surface area contributed by atoms with Crippen molar-refractivity contribution in [3.63, 3.8) is 0 Å². The zero-order valence-corrected chi connectivity index (χ0v) is 18.8. The molecule has 0 spiro atoms. The van der Waals surface area contributed by atoms with Gasteiger partial charge in [0.1, 0.15) is 24.2 Å². The van der Waals surface area contributed by atoms with Crippen molar-refractivity contribution in [3.8, 4) is 11.5 Å². The molecule has 1 heterocycles. The predicted molar refractivity (Wildman–Crippen MR) is 118 cm³/mol. The maximum absolute atomic E-state index is 12.0. The smallest absolute Gasteiger partial charge is 0.151 e. The summed E-state index contributed by atoms with van der Waals surface area (Å²) in [7, 11) is -1.42. The highest BCUT2D eigenvalue weighted by atomic mass is 35.5. The Bertz CT molecular complexity index is 949. The summed E-state index contributed by atoms with van der Waals surface area (Å²) in [5.41, 5.74) is 1.93. The van der Waals surface area contributed by atoms with Gasteiger partial charge in [0.05, 0.1) is 18.6 Å². The Kier molecular flexibility index (Phi) is 7.63. The number of ether oxygens (including phenoxy) is 2. The van der Waals surface area contributed by atoms with E-state index in [-0.39, 0.29) is 24.2 Å². The minimum Gasteiger partial charge on any atom is -0.497 e. The third-order valence-electron chi connectivity index (χ3n) is 5.29. The highest BCUT2D eigenvalue weighted by Crippen LogP contribution is 2.23. The molecule has 1 N–H and O–H groups in total. The van der Waals surface area contributed by atoms with Crippen molar-refractivity contribution in [2.75, 3.05) is 31.8 Å². The maximum Gasteiger partial charge on any atom is 0.151 e. The monoisotopic (exact) mass is 453 g/mol. The lowest BCUT2D eigenvalue weighted by Crippen LogP contribution is -2.42. The van der Waals surface area contributed by atoms with Crippen molar-refractivity contribution in [3.05, 3.63) is 58.6 Å². The van der Waals surface area contributed by atoms with Gasteiger partial charge in [0.2, 0.25) is 0 Å². The molecule has 2 aromatic carbocycles. The number of halogens is 1. The molecular weight excluding hydrogens is 426 g/mol. The first-order chi connectivity index (χ1) is 14.3. The van der Waals surface area contributed by atoms with Crippen molar-refractivity contribution < 1.29 is 23.0 Å². The Morgan fingerprint density at radius 2 is 1.90 bits per heavy atom. The summed E-state index contributed by atoms with van der Waals surface area (Å²) in [5, 5.41) is 11.3. The second-order valence-electron chi connectivity index (χ2n) is 7.71. The van der Waals surface area contributed by atoms with Crippen LogP contribution in [0.3, 0.4) is 0 Å². The zero-order chi connectivity index (χ0) is 21.7. The predicted octanol–water partition coefficient (Wildman–Crippen LogP) is 3.09. The molecule has 0 aliphatic carbocycles. The summed E-state index contributed by atoms with van der Waals surface area (Å²) in [6.07, 6.45) is -0.190. The van der Waals surface area contributed by atoms with Gasteiger partial charge in [-0.3, -0.25) is 4.90 Å². The fourth-order valence-electron chi connectivity index (χ4n) is 3.59. The van der Waals surface area contributed by atoms with E-state index in [0.29, 0.717) is 30.3 Å². The molecule has 1 aliphatic heterocycles. The lowest BCUT2D eigenvalue weighted by Gasteiger charge is -2.30. The van der Waals surface area contributed by atoms with E-state index >= 15 is 0 Å². The second kappa shape index (κ2) is 10.0. The number of nitrogens with zero attached hydrogens (tertiary/aromatic N) is 1. The number of benzene rings is 2. The molecule has 1 fully saturated rings. The minimum absolute atomic E-state index is 0.111. The molecule has 0 amide bonds. The van der Waals surface area contributed by atoms with E-state index in [4.69, 9.17) is 21.1 Å². The number of aliphatic hydroxyl groups is 1. The summed E-state index contributed by atoms with van der Waals surface area (Å²) in [5.74, 6) is 1.71. The first-order valence-corrected chi connectivity index (χ1v) is 12.1. The van der Waals surface area contributed by atoms with E-state index in [9.17, 15) is 13.5 Å². The highest BCUT2D eigenvalue weighted by Gasteiger charge is 2.33. The molecule has 1 aliphatic rings. The number of aryl methyl sites for hydroxylation is 1. The highest BCUT2D eigenvalue weighted by molar-refractivity contribution is 7.91. The van der Waals surface area contributed by atoms with Crippen molar-refractivity contribution in [1.29, 1.82) is 0 Å². The van der Waals surface area contributed by atoms with Crippen LogP contribution in [0.4, 0.5) is 0 Å². The number of sulfone groups is 1. The fraction of sp³-hybridized carbons (Fsp3) is 0.455. The van der Waals surface area contributed by atoms with Crippen LogP contribution in [0.2, 0.25) is 5.02 Å². The molecule has 2 unspecified atom stereocenters. The number of rotatable bonds is 9. The van der Waals surface area contributed by atoms with Crippen molar-refractivity contribution in [2.45, 2.75) is 32.0 Å². The lowest BCUT2D eigenvalue weighted by molar-refractivity contribution is 0.0524. The number of aliphatic hydroxyl groups excluding tert-OH is 1. The van der Waals surface area contributed by atoms with Gasteiger partial charge in [-0.1, -0.05) is 23.7 Å². The van der Waals surface area contributed by atoms with Gasteiger partial charge in [-0.2, -0.15) is 0 Å². The third kappa shape index (κ3) is 6.35. The van der Waals surface area contributed by atoms with Crippen LogP contribution in [-0.4, -0.2) is 62.3 Å². The summed E-state index contributed by atoms with van der Waals surface area (Å²) < 4.78 is 34.9. The molecule has 2 atom stereocenters. The average molecular weight is 454 g/mol. The average Bonchev–Trinajstić information content (AvgIpc) is 3.08. The van der Waals surface area contributed by atoms with Gasteiger partial charge >= 0.3 is 0 Å². The van der Waals surface area contributed by atoms with Crippen LogP contribution in [-0.2, 0) is 16.4 Å². The van der Waals surface area contributed by atoms with Crippen LogP contribution < -0.4 is 9.47 Å². The van der Waals surface area contributed by atoms with Crippen molar-refractivity contribution in [2.24, 2.45) is 0 Å². The van der Waals surface area contributed by atoms with Crippen molar-refractivity contribution >= 4 is 21.4 Å². The molecular formula is C22H28ClNO5S. The Balaban J connectivity index is 1.65. The van der Waals surface area contributed by atoms with Gasteiger partial charge in [0, 0.05) is 24.2 Å². The molecule has 6 nitrogen and oxygen atoms in total. The van der Waals surface area contributed by atoms with Crippen molar-refractivity contribution in [1.82, 2.24) is 4.90 Å². The minimum atomic E-state index is -3.03. The maximum atomic E-state index is 12.0. The van der Waals surface area contributed by atoms with Gasteiger partial charge in [0.15, 0.2) is 9.84 Å². The topological polar surface area (TPSA) is 76.1 Å². The van der Waals surface area contributed by atoms with Crippen LogP contribution >= 0.6 is 11.6 Å². The Labute approximate surface area is 183 Å². The fourth-order valence-corrected chi connectivity index (χ4v) is 5.47. The molecule has 0 saturated carbocycles. The van der Waals surface area contributed by atoms with Crippen LogP contribution in [0.1, 0.15) is 17.5 Å². The van der Waals surface area contributed by atoms with Gasteiger partial charge < -0.3 is 14.6 Å². The van der Waals surface area contributed by atoms with Crippen LogP contribution in [0.15, 0.2) is 42.5 Å². The molecule has 164 valence electrons. The van der Waals surface area contributed by atoms with Gasteiger partial charge in [-0.15, -0.1) is 0 Å². The SMILES string of the molecule is COc1ccc(CN(CC(O)COc2ccc(Cl)c(C)c2)C2CCS(=O)(=O)C2)cc1. The van der Waals surface area contributed by atoms with Crippen LogP contribution in [0.5, 0.6) is 11.5 Å². The van der Waals surface area contributed by atoms with E-state index in [1.54, 1.807) is 19.2 Å². The quantitative estimate of drug-likeness (QED) is 0.628.